The van der Waals surface area contributed by atoms with Gasteiger partial charge in [0, 0.05) is 25.3 Å². The number of aliphatic imine (C=N–C) groups is 1. The number of benzene rings is 1. The zero-order chi connectivity index (χ0) is 20.1. The monoisotopic (exact) mass is 375 g/mol. The van der Waals surface area contributed by atoms with Crippen LogP contribution in [0.1, 0.15) is 51.5 Å². The number of likely N-dealkylation sites (N-methyl/N-ethyl adjacent to an activating group) is 1. The molecule has 0 saturated carbocycles. The fourth-order valence-electron chi connectivity index (χ4n) is 2.81. The Kier molecular flexibility index (Phi) is 11.2. The summed E-state index contributed by atoms with van der Waals surface area (Å²) >= 11 is 0. The molecule has 6 heteroatoms. The third-order valence-electron chi connectivity index (χ3n) is 4.23. The largest absolute Gasteiger partial charge is 0.354 e. The molecule has 0 heterocycles. The molecule has 1 atom stereocenters. The van der Waals surface area contributed by atoms with E-state index in [-0.39, 0.29) is 5.91 Å². The van der Waals surface area contributed by atoms with Crippen LogP contribution in [0.4, 0.5) is 5.69 Å². The van der Waals surface area contributed by atoms with Gasteiger partial charge >= 0.3 is 0 Å². The van der Waals surface area contributed by atoms with Crippen LogP contribution in [0.15, 0.2) is 29.3 Å². The van der Waals surface area contributed by atoms with Crippen LogP contribution in [0.2, 0.25) is 0 Å². The summed E-state index contributed by atoms with van der Waals surface area (Å²) in [5, 5.41) is 9.72. The number of amides is 1. The standard InChI is InChI=1S/C21H37N5O/c1-6-7-8-9-11-17(2)24-21(22-3)23-15-18-12-10-13-19(14-18)25-20(27)16-26(4)5/h10,12-14,17H,6-9,11,15-16H2,1-5H3,(H,25,27)(H2,22,23,24). The summed E-state index contributed by atoms with van der Waals surface area (Å²) in [7, 11) is 5.55. The highest BCUT2D eigenvalue weighted by atomic mass is 16.2. The Hall–Kier alpha value is -2.08. The Labute approximate surface area is 164 Å². The van der Waals surface area contributed by atoms with Crippen molar-refractivity contribution in [1.29, 1.82) is 0 Å². The van der Waals surface area contributed by atoms with E-state index in [2.05, 4.69) is 34.8 Å². The van der Waals surface area contributed by atoms with E-state index in [4.69, 9.17) is 0 Å². The van der Waals surface area contributed by atoms with E-state index in [1.807, 2.05) is 43.3 Å². The summed E-state index contributed by atoms with van der Waals surface area (Å²) in [5.74, 6) is 0.791. The van der Waals surface area contributed by atoms with Crippen LogP contribution in [0.5, 0.6) is 0 Å². The lowest BCUT2D eigenvalue weighted by Crippen LogP contribution is -2.41. The van der Waals surface area contributed by atoms with Gasteiger partial charge in [0.25, 0.3) is 0 Å². The average molecular weight is 376 g/mol. The molecule has 0 fully saturated rings. The lowest BCUT2D eigenvalue weighted by atomic mass is 10.1. The zero-order valence-corrected chi connectivity index (χ0v) is 17.6. The van der Waals surface area contributed by atoms with Gasteiger partial charge in [-0.25, -0.2) is 0 Å². The molecule has 0 aromatic heterocycles. The molecule has 0 bridgehead atoms. The number of guanidine groups is 1. The maximum Gasteiger partial charge on any atom is 0.238 e. The molecule has 0 aliphatic carbocycles. The Bertz CT molecular complexity index is 586. The maximum atomic E-state index is 11.9. The van der Waals surface area contributed by atoms with Gasteiger partial charge in [0.2, 0.25) is 5.91 Å². The molecule has 0 spiro atoms. The summed E-state index contributed by atoms with van der Waals surface area (Å²) in [6.07, 6.45) is 6.25. The summed E-state index contributed by atoms with van der Waals surface area (Å²) < 4.78 is 0. The van der Waals surface area contributed by atoms with Gasteiger partial charge < -0.3 is 20.9 Å². The highest BCUT2D eigenvalue weighted by Crippen LogP contribution is 2.11. The van der Waals surface area contributed by atoms with Gasteiger partial charge in [0.05, 0.1) is 6.54 Å². The Morgan fingerprint density at radius 2 is 2.00 bits per heavy atom. The average Bonchev–Trinajstić information content (AvgIpc) is 2.61. The topological polar surface area (TPSA) is 68.8 Å². The van der Waals surface area contributed by atoms with Gasteiger partial charge in [0.15, 0.2) is 5.96 Å². The molecule has 6 nitrogen and oxygen atoms in total. The lowest BCUT2D eigenvalue weighted by molar-refractivity contribution is -0.116. The molecule has 0 radical (unpaired) electrons. The van der Waals surface area contributed by atoms with E-state index in [9.17, 15) is 4.79 Å². The highest BCUT2D eigenvalue weighted by molar-refractivity contribution is 5.92. The van der Waals surface area contributed by atoms with Crippen LogP contribution in [0.25, 0.3) is 0 Å². The molecule has 27 heavy (non-hydrogen) atoms. The van der Waals surface area contributed by atoms with Gasteiger partial charge in [-0.3, -0.25) is 9.79 Å². The van der Waals surface area contributed by atoms with Gasteiger partial charge in [-0.05, 0) is 45.1 Å². The molecule has 0 aliphatic rings. The van der Waals surface area contributed by atoms with Crippen molar-refractivity contribution in [1.82, 2.24) is 15.5 Å². The third-order valence-corrected chi connectivity index (χ3v) is 4.23. The quantitative estimate of drug-likeness (QED) is 0.316. The smallest absolute Gasteiger partial charge is 0.238 e. The second kappa shape index (κ2) is 13.1. The number of nitrogens with one attached hydrogen (secondary N) is 3. The second-order valence-electron chi connectivity index (χ2n) is 7.31. The summed E-state index contributed by atoms with van der Waals surface area (Å²) in [6.45, 7) is 5.45. The Balaban J connectivity index is 2.46. The summed E-state index contributed by atoms with van der Waals surface area (Å²) in [5.41, 5.74) is 1.91. The molecule has 152 valence electrons. The van der Waals surface area contributed by atoms with Crippen molar-refractivity contribution >= 4 is 17.6 Å². The highest BCUT2D eigenvalue weighted by Gasteiger charge is 2.07. The van der Waals surface area contributed by atoms with Gasteiger partial charge in [-0.2, -0.15) is 0 Å². The number of nitrogens with zero attached hydrogens (tertiary/aromatic N) is 2. The van der Waals surface area contributed by atoms with Crippen LogP contribution in [-0.4, -0.2) is 50.5 Å². The van der Waals surface area contributed by atoms with Crippen molar-refractivity contribution in [3.63, 3.8) is 0 Å². The number of hydrogen-bond donors (Lipinski definition) is 3. The maximum absolute atomic E-state index is 11.9. The SMILES string of the molecule is CCCCCCC(C)NC(=NC)NCc1cccc(NC(=O)CN(C)C)c1. The third kappa shape index (κ3) is 10.6. The zero-order valence-electron chi connectivity index (χ0n) is 17.6. The number of rotatable bonds is 11. The van der Waals surface area contributed by atoms with E-state index in [0.29, 0.717) is 19.1 Å². The molecule has 1 amide bonds. The minimum atomic E-state index is -0.0144. The van der Waals surface area contributed by atoms with Gasteiger partial charge in [-0.15, -0.1) is 0 Å². The first-order valence-electron chi connectivity index (χ1n) is 9.95. The number of carbonyl (C=O) groups is 1. The van der Waals surface area contributed by atoms with Crippen LogP contribution >= 0.6 is 0 Å². The molecule has 3 N–H and O–H groups in total. The number of unbranched alkanes of at least 4 members (excludes halogenated alkanes) is 3. The minimum Gasteiger partial charge on any atom is -0.354 e. The normalized spacial score (nSPS) is 12.7. The molecule has 1 rings (SSSR count). The van der Waals surface area contributed by atoms with Gasteiger partial charge in [-0.1, -0.05) is 44.7 Å². The van der Waals surface area contributed by atoms with E-state index < -0.39 is 0 Å². The number of carbonyl (C=O) groups excluding carboxylic acids is 1. The first kappa shape index (κ1) is 23.0. The summed E-state index contributed by atoms with van der Waals surface area (Å²) in [4.78, 5) is 18.1. The summed E-state index contributed by atoms with van der Waals surface area (Å²) in [6, 6.07) is 8.28. The van der Waals surface area contributed by atoms with Crippen molar-refractivity contribution in [2.75, 3.05) is 33.0 Å². The predicted octanol–water partition coefficient (Wildman–Crippen LogP) is 3.21. The molecular formula is C21H37N5O. The van der Waals surface area contributed by atoms with E-state index in [1.165, 1.54) is 25.7 Å². The first-order chi connectivity index (χ1) is 12.9. The number of anilines is 1. The van der Waals surface area contributed by atoms with Crippen LogP contribution < -0.4 is 16.0 Å². The van der Waals surface area contributed by atoms with Crippen molar-refractivity contribution in [2.24, 2.45) is 4.99 Å². The van der Waals surface area contributed by atoms with Crippen molar-refractivity contribution in [2.45, 2.75) is 58.5 Å². The van der Waals surface area contributed by atoms with Crippen LogP contribution in [0, 0.1) is 0 Å². The fraction of sp³-hybridized carbons (Fsp3) is 0.619. The molecule has 1 aromatic carbocycles. The molecule has 0 aliphatic heterocycles. The first-order valence-corrected chi connectivity index (χ1v) is 9.95. The second-order valence-corrected chi connectivity index (χ2v) is 7.31. The minimum absolute atomic E-state index is 0.0144. The predicted molar refractivity (Wildman–Crippen MR) is 115 cm³/mol. The Morgan fingerprint density at radius 3 is 2.67 bits per heavy atom. The van der Waals surface area contributed by atoms with Gasteiger partial charge in [0.1, 0.15) is 0 Å². The fourth-order valence-corrected chi connectivity index (χ4v) is 2.81. The van der Waals surface area contributed by atoms with E-state index in [0.717, 1.165) is 23.6 Å². The molecule has 0 saturated heterocycles. The number of hydrogen-bond acceptors (Lipinski definition) is 3. The van der Waals surface area contributed by atoms with Crippen LogP contribution in [-0.2, 0) is 11.3 Å². The molecule has 1 aromatic rings. The molecule has 1 unspecified atom stereocenters. The Morgan fingerprint density at radius 1 is 1.22 bits per heavy atom. The van der Waals surface area contributed by atoms with Crippen molar-refractivity contribution in [3.05, 3.63) is 29.8 Å². The van der Waals surface area contributed by atoms with Crippen molar-refractivity contribution < 1.29 is 4.79 Å². The molecular weight excluding hydrogens is 338 g/mol. The van der Waals surface area contributed by atoms with E-state index >= 15 is 0 Å². The van der Waals surface area contributed by atoms with E-state index in [1.54, 1.807) is 7.05 Å². The van der Waals surface area contributed by atoms with Crippen LogP contribution in [0.3, 0.4) is 0 Å². The van der Waals surface area contributed by atoms with Crippen molar-refractivity contribution in [3.8, 4) is 0 Å². The lowest BCUT2D eigenvalue weighted by Gasteiger charge is -2.18.